The molecule has 0 fully saturated rings. The molecule has 1 amide bonds. The first-order valence-corrected chi connectivity index (χ1v) is 5.99. The first-order chi connectivity index (χ1) is 9.69. The zero-order chi connectivity index (χ0) is 14.4. The Balaban J connectivity index is 2.08. The Morgan fingerprint density at radius 2 is 2.35 bits per heavy atom. The molecule has 2 rings (SSSR count). The summed E-state index contributed by atoms with van der Waals surface area (Å²) < 4.78 is 4.84. The second kappa shape index (κ2) is 6.50. The summed E-state index contributed by atoms with van der Waals surface area (Å²) in [4.78, 5) is 15.9. The molecule has 0 radical (unpaired) electrons. The molecule has 0 saturated heterocycles. The minimum absolute atomic E-state index is 0.0210. The number of aliphatic hydroxyl groups is 1. The molecule has 0 unspecified atom stereocenters. The van der Waals surface area contributed by atoms with Crippen LogP contribution in [-0.4, -0.2) is 27.8 Å². The molecule has 0 spiro atoms. The number of hydrogen-bond acceptors (Lipinski definition) is 5. The van der Waals surface area contributed by atoms with Crippen molar-refractivity contribution in [1.29, 1.82) is 0 Å². The van der Waals surface area contributed by atoms with Gasteiger partial charge in [-0.15, -0.1) is 0 Å². The van der Waals surface area contributed by atoms with Crippen molar-refractivity contribution in [3.8, 4) is 11.8 Å². The first-order valence-electron chi connectivity index (χ1n) is 5.99. The zero-order valence-corrected chi connectivity index (χ0v) is 10.9. The van der Waals surface area contributed by atoms with Gasteiger partial charge in [0.05, 0.1) is 6.61 Å². The van der Waals surface area contributed by atoms with Crippen LogP contribution in [-0.2, 0) is 0 Å². The molecule has 0 atom stereocenters. The lowest BCUT2D eigenvalue weighted by Gasteiger charge is -2.01. The third-order valence-electron chi connectivity index (χ3n) is 2.33. The molecular weight excluding hydrogens is 258 g/mol. The number of carbonyl (C=O) groups excluding carboxylic acids is 1. The molecular formula is C14H13N3O3. The van der Waals surface area contributed by atoms with Crippen LogP contribution in [0.1, 0.15) is 28.2 Å². The van der Waals surface area contributed by atoms with E-state index in [1.807, 2.05) is 0 Å². The Kier molecular flexibility index (Phi) is 4.47. The zero-order valence-electron chi connectivity index (χ0n) is 10.9. The van der Waals surface area contributed by atoms with Gasteiger partial charge in [-0.1, -0.05) is 17.0 Å². The van der Waals surface area contributed by atoms with Crippen molar-refractivity contribution in [2.24, 2.45) is 0 Å². The number of pyridine rings is 1. The number of carbonyl (C=O) groups is 1. The Bertz CT molecular complexity index is 668. The Hall–Kier alpha value is -2.65. The quantitative estimate of drug-likeness (QED) is 0.823. The number of aryl methyl sites for hydroxylation is 1. The van der Waals surface area contributed by atoms with Gasteiger partial charge in [-0.05, 0) is 19.1 Å². The molecule has 0 aliphatic carbocycles. The maximum Gasteiger partial charge on any atom is 0.279 e. The highest BCUT2D eigenvalue weighted by Gasteiger charge is 2.11. The molecule has 2 aromatic heterocycles. The number of rotatable bonds is 3. The number of amides is 1. The van der Waals surface area contributed by atoms with E-state index >= 15 is 0 Å². The average molecular weight is 271 g/mol. The van der Waals surface area contributed by atoms with Gasteiger partial charge in [0.2, 0.25) is 0 Å². The molecule has 2 aromatic rings. The summed E-state index contributed by atoms with van der Waals surface area (Å²) in [7, 11) is 0. The summed E-state index contributed by atoms with van der Waals surface area (Å²) in [6, 6.07) is 4.91. The summed E-state index contributed by atoms with van der Waals surface area (Å²) in [5.41, 5.74) is 0.904. The smallest absolute Gasteiger partial charge is 0.279 e. The van der Waals surface area contributed by atoms with Gasteiger partial charge in [0.25, 0.3) is 5.91 Å². The lowest BCUT2D eigenvalue weighted by Crippen LogP contribution is -2.13. The van der Waals surface area contributed by atoms with Gasteiger partial charge < -0.3 is 14.9 Å². The number of aliphatic hydroxyl groups excluding tert-OH is 1. The van der Waals surface area contributed by atoms with Gasteiger partial charge in [-0.25, -0.2) is 4.98 Å². The molecule has 0 bridgehead atoms. The number of anilines is 1. The van der Waals surface area contributed by atoms with Gasteiger partial charge in [-0.3, -0.25) is 4.79 Å². The molecule has 6 nitrogen and oxygen atoms in total. The predicted octanol–water partition coefficient (Wildman–Crippen LogP) is 1.36. The van der Waals surface area contributed by atoms with Crippen LogP contribution in [0.2, 0.25) is 0 Å². The van der Waals surface area contributed by atoms with Crippen molar-refractivity contribution < 1.29 is 14.4 Å². The van der Waals surface area contributed by atoms with Crippen LogP contribution in [0.3, 0.4) is 0 Å². The van der Waals surface area contributed by atoms with Crippen LogP contribution in [0, 0.1) is 18.8 Å². The third-order valence-corrected chi connectivity index (χ3v) is 2.33. The topological polar surface area (TPSA) is 88.2 Å². The minimum Gasteiger partial charge on any atom is -0.395 e. The third kappa shape index (κ3) is 3.67. The number of nitrogens with one attached hydrogen (secondary N) is 1. The van der Waals surface area contributed by atoms with E-state index in [4.69, 9.17) is 9.63 Å². The number of nitrogens with zero attached hydrogens (tertiary/aromatic N) is 2. The summed E-state index contributed by atoms with van der Waals surface area (Å²) in [6.45, 7) is 1.73. The molecule has 102 valence electrons. The second-order valence-electron chi connectivity index (χ2n) is 3.98. The van der Waals surface area contributed by atoms with Crippen molar-refractivity contribution in [3.63, 3.8) is 0 Å². The largest absolute Gasteiger partial charge is 0.395 e. The fourth-order valence-electron chi connectivity index (χ4n) is 1.45. The van der Waals surface area contributed by atoms with Crippen LogP contribution in [0.15, 0.2) is 28.9 Å². The van der Waals surface area contributed by atoms with Gasteiger partial charge in [0.1, 0.15) is 11.6 Å². The van der Waals surface area contributed by atoms with E-state index in [1.165, 1.54) is 0 Å². The molecule has 2 heterocycles. The maximum absolute atomic E-state index is 11.9. The van der Waals surface area contributed by atoms with Crippen molar-refractivity contribution in [2.75, 3.05) is 11.9 Å². The van der Waals surface area contributed by atoms with Gasteiger partial charge in [0, 0.05) is 24.2 Å². The summed E-state index contributed by atoms with van der Waals surface area (Å²) in [5.74, 6) is 6.22. The maximum atomic E-state index is 11.9. The lowest BCUT2D eigenvalue weighted by molar-refractivity contribution is 0.101. The fourth-order valence-corrected chi connectivity index (χ4v) is 1.45. The van der Waals surface area contributed by atoms with Crippen molar-refractivity contribution >= 4 is 11.7 Å². The predicted molar refractivity (Wildman–Crippen MR) is 72.0 cm³/mol. The van der Waals surface area contributed by atoms with Crippen LogP contribution in [0.25, 0.3) is 0 Å². The average Bonchev–Trinajstić information content (AvgIpc) is 2.86. The standard InChI is InChI=1S/C14H13N3O3/c1-10-8-12(17-20-10)14(19)16-13-9-11(5-6-15-13)4-2-3-7-18/h5-6,8-9,18H,3,7H2,1H3,(H,15,16,19). The summed E-state index contributed by atoms with van der Waals surface area (Å²) in [5, 5.41) is 14.9. The van der Waals surface area contributed by atoms with Gasteiger partial charge in [0.15, 0.2) is 5.69 Å². The van der Waals surface area contributed by atoms with Crippen LogP contribution >= 0.6 is 0 Å². The normalized spacial score (nSPS) is 9.70. The minimum atomic E-state index is -0.394. The van der Waals surface area contributed by atoms with Crippen LogP contribution < -0.4 is 5.32 Å². The highest BCUT2D eigenvalue weighted by molar-refractivity contribution is 6.02. The SMILES string of the molecule is Cc1cc(C(=O)Nc2cc(C#CCCO)ccn2)no1. The van der Waals surface area contributed by atoms with E-state index in [0.29, 0.717) is 23.6 Å². The van der Waals surface area contributed by atoms with Gasteiger partial charge >= 0.3 is 0 Å². The molecule has 0 aliphatic heterocycles. The highest BCUT2D eigenvalue weighted by Crippen LogP contribution is 2.09. The molecule has 0 aliphatic rings. The summed E-state index contributed by atoms with van der Waals surface area (Å²) in [6.07, 6.45) is 1.95. The van der Waals surface area contributed by atoms with E-state index in [2.05, 4.69) is 27.3 Å². The number of aromatic nitrogens is 2. The van der Waals surface area contributed by atoms with Crippen molar-refractivity contribution in [1.82, 2.24) is 10.1 Å². The molecule has 6 heteroatoms. The van der Waals surface area contributed by atoms with E-state index < -0.39 is 5.91 Å². The molecule has 0 saturated carbocycles. The number of hydrogen-bond donors (Lipinski definition) is 2. The molecule has 20 heavy (non-hydrogen) atoms. The van der Waals surface area contributed by atoms with Gasteiger partial charge in [-0.2, -0.15) is 0 Å². The van der Waals surface area contributed by atoms with Crippen molar-refractivity contribution in [2.45, 2.75) is 13.3 Å². The van der Waals surface area contributed by atoms with E-state index in [-0.39, 0.29) is 12.3 Å². The first kappa shape index (κ1) is 13.8. The fraction of sp³-hybridized carbons (Fsp3) is 0.214. The molecule has 0 aromatic carbocycles. The van der Waals surface area contributed by atoms with Crippen LogP contribution in [0.5, 0.6) is 0 Å². The van der Waals surface area contributed by atoms with E-state index in [0.717, 1.165) is 0 Å². The van der Waals surface area contributed by atoms with E-state index in [1.54, 1.807) is 31.3 Å². The van der Waals surface area contributed by atoms with Crippen LogP contribution in [0.4, 0.5) is 5.82 Å². The Morgan fingerprint density at radius 1 is 1.50 bits per heavy atom. The highest BCUT2D eigenvalue weighted by atomic mass is 16.5. The Labute approximate surface area is 115 Å². The molecule has 2 N–H and O–H groups in total. The van der Waals surface area contributed by atoms with E-state index in [9.17, 15) is 4.79 Å². The monoisotopic (exact) mass is 271 g/mol. The summed E-state index contributed by atoms with van der Waals surface area (Å²) >= 11 is 0. The second-order valence-corrected chi connectivity index (χ2v) is 3.98. The Morgan fingerprint density at radius 3 is 3.05 bits per heavy atom. The lowest BCUT2D eigenvalue weighted by atomic mass is 10.2. The van der Waals surface area contributed by atoms with Crippen molar-refractivity contribution in [3.05, 3.63) is 41.4 Å².